The molecule has 1 N–H and O–H groups in total. The molecule has 4 heteroatoms. The first kappa shape index (κ1) is 17.3. The van der Waals surface area contributed by atoms with Crippen LogP contribution >= 0.6 is 0 Å². The normalized spacial score (nSPS) is 25.1. The Kier molecular flexibility index (Phi) is 5.77. The van der Waals surface area contributed by atoms with Crippen LogP contribution in [0, 0.1) is 11.8 Å². The summed E-state index contributed by atoms with van der Waals surface area (Å²) >= 11 is 0. The second-order valence-corrected chi connectivity index (χ2v) is 7.77. The molecule has 0 aliphatic carbocycles. The van der Waals surface area contributed by atoms with Crippen molar-refractivity contribution in [2.75, 3.05) is 50.7 Å². The van der Waals surface area contributed by atoms with Crippen LogP contribution in [-0.2, 0) is 4.79 Å². The number of likely N-dealkylation sites (tertiary alicyclic amines) is 1. The van der Waals surface area contributed by atoms with E-state index >= 15 is 0 Å². The maximum atomic E-state index is 12.8. The predicted molar refractivity (Wildman–Crippen MR) is 98.4 cm³/mol. The quantitative estimate of drug-likeness (QED) is 0.901. The van der Waals surface area contributed by atoms with E-state index in [2.05, 4.69) is 54.0 Å². The van der Waals surface area contributed by atoms with Crippen LogP contribution in [0.4, 0.5) is 5.69 Å². The molecule has 0 radical (unpaired) electrons. The lowest BCUT2D eigenvalue weighted by atomic mass is 9.94. The van der Waals surface area contributed by atoms with Crippen LogP contribution in [0.15, 0.2) is 30.3 Å². The Balaban J connectivity index is 1.46. The van der Waals surface area contributed by atoms with Crippen LogP contribution in [-0.4, -0.2) is 56.6 Å². The van der Waals surface area contributed by atoms with Gasteiger partial charge in [0.2, 0.25) is 5.91 Å². The molecule has 3 rings (SSSR count). The molecule has 0 saturated carbocycles. The van der Waals surface area contributed by atoms with Crippen molar-refractivity contribution in [1.82, 2.24) is 4.90 Å². The van der Waals surface area contributed by atoms with Gasteiger partial charge in [-0.25, -0.2) is 0 Å². The monoisotopic (exact) mass is 330 g/mol. The van der Waals surface area contributed by atoms with Gasteiger partial charge in [-0.05, 0) is 12.1 Å². The average Bonchev–Trinajstić information content (AvgIpc) is 2.62. The van der Waals surface area contributed by atoms with Crippen molar-refractivity contribution in [1.29, 1.82) is 0 Å². The number of anilines is 1. The van der Waals surface area contributed by atoms with E-state index in [9.17, 15) is 4.79 Å². The van der Waals surface area contributed by atoms with Crippen molar-refractivity contribution < 1.29 is 9.69 Å². The van der Waals surface area contributed by atoms with Gasteiger partial charge in [0, 0.05) is 56.5 Å². The lowest BCUT2D eigenvalue weighted by molar-refractivity contribution is -0.908. The molecule has 1 amide bonds. The second kappa shape index (κ2) is 8.02. The van der Waals surface area contributed by atoms with E-state index in [1.807, 2.05) is 0 Å². The zero-order valence-corrected chi connectivity index (χ0v) is 15.2. The number of carbonyl (C=O) groups excluding carboxylic acids is 1. The number of quaternary nitrogens is 1. The largest absolute Gasteiger partial charge is 0.368 e. The lowest BCUT2D eigenvalue weighted by Crippen LogP contribution is -3.13. The molecule has 1 aromatic carbocycles. The van der Waals surface area contributed by atoms with E-state index in [0.29, 0.717) is 5.91 Å². The molecule has 0 atom stereocenters. The van der Waals surface area contributed by atoms with Crippen LogP contribution in [0.5, 0.6) is 0 Å². The highest BCUT2D eigenvalue weighted by atomic mass is 16.2. The summed E-state index contributed by atoms with van der Waals surface area (Å²) in [6, 6.07) is 10.5. The molecule has 2 aliphatic rings. The number of hydrogen-bond donors (Lipinski definition) is 1. The Bertz CT molecular complexity index is 515. The minimum Gasteiger partial charge on any atom is -0.368 e. The third-order valence-corrected chi connectivity index (χ3v) is 5.45. The molecule has 24 heavy (non-hydrogen) atoms. The van der Waals surface area contributed by atoms with Crippen LogP contribution in [0.2, 0.25) is 0 Å². The Morgan fingerprint density at radius 1 is 1.08 bits per heavy atom. The number of piperazine rings is 1. The van der Waals surface area contributed by atoms with Crippen molar-refractivity contribution >= 4 is 11.6 Å². The van der Waals surface area contributed by atoms with Crippen molar-refractivity contribution in [3.8, 4) is 0 Å². The van der Waals surface area contributed by atoms with Crippen molar-refractivity contribution in [2.45, 2.75) is 26.7 Å². The van der Waals surface area contributed by atoms with Crippen molar-refractivity contribution in [3.05, 3.63) is 30.3 Å². The summed E-state index contributed by atoms with van der Waals surface area (Å²) in [6.45, 7) is 11.8. The molecule has 132 valence electrons. The number of amides is 1. The average molecular weight is 330 g/mol. The molecule has 0 bridgehead atoms. The Hall–Kier alpha value is -1.55. The van der Waals surface area contributed by atoms with Crippen LogP contribution in [0.3, 0.4) is 0 Å². The molecular weight excluding hydrogens is 298 g/mol. The first-order valence-corrected chi connectivity index (χ1v) is 9.56. The predicted octanol–water partition coefficient (Wildman–Crippen LogP) is 1.29. The topological polar surface area (TPSA) is 28.0 Å². The van der Waals surface area contributed by atoms with Gasteiger partial charge >= 0.3 is 0 Å². The van der Waals surface area contributed by atoms with Gasteiger partial charge in [0.05, 0.1) is 19.6 Å². The summed E-state index contributed by atoms with van der Waals surface area (Å²) in [6.07, 6.45) is 2.14. The summed E-state index contributed by atoms with van der Waals surface area (Å²) in [5.41, 5.74) is 1.27. The maximum Gasteiger partial charge on any atom is 0.226 e. The molecule has 2 saturated heterocycles. The minimum atomic E-state index is 0.268. The fraction of sp³-hybridized carbons (Fsp3) is 0.650. The number of benzene rings is 1. The van der Waals surface area contributed by atoms with Crippen LogP contribution in [0.25, 0.3) is 0 Å². The first-order chi connectivity index (χ1) is 11.6. The first-order valence-electron chi connectivity index (χ1n) is 9.56. The van der Waals surface area contributed by atoms with Crippen molar-refractivity contribution in [3.63, 3.8) is 0 Å². The number of carbonyl (C=O) groups is 1. The summed E-state index contributed by atoms with van der Waals surface area (Å²) in [5.74, 6) is 1.42. The number of rotatable bonds is 4. The van der Waals surface area contributed by atoms with E-state index in [1.165, 1.54) is 25.3 Å². The van der Waals surface area contributed by atoms with Crippen LogP contribution in [0.1, 0.15) is 26.7 Å². The Labute approximate surface area is 146 Å². The molecule has 0 spiro atoms. The molecule has 0 aromatic heterocycles. The summed E-state index contributed by atoms with van der Waals surface area (Å²) in [7, 11) is 0. The minimum absolute atomic E-state index is 0.268. The highest BCUT2D eigenvalue weighted by molar-refractivity contribution is 5.79. The molecule has 2 heterocycles. The van der Waals surface area contributed by atoms with E-state index in [0.717, 1.165) is 44.9 Å². The third kappa shape index (κ3) is 4.29. The summed E-state index contributed by atoms with van der Waals surface area (Å²) < 4.78 is 0. The number of nitrogens with zero attached hydrogens (tertiary/aromatic N) is 2. The van der Waals surface area contributed by atoms with Gasteiger partial charge in [0.1, 0.15) is 0 Å². The van der Waals surface area contributed by atoms with Gasteiger partial charge in [-0.1, -0.05) is 32.0 Å². The van der Waals surface area contributed by atoms with Crippen LogP contribution < -0.4 is 9.80 Å². The van der Waals surface area contributed by atoms with Gasteiger partial charge in [-0.3, -0.25) is 4.79 Å². The number of hydrogen-bond acceptors (Lipinski definition) is 2. The van der Waals surface area contributed by atoms with E-state index in [-0.39, 0.29) is 5.92 Å². The highest BCUT2D eigenvalue weighted by Gasteiger charge is 2.32. The molecule has 2 aliphatic heterocycles. The zero-order valence-electron chi connectivity index (χ0n) is 15.2. The van der Waals surface area contributed by atoms with Gasteiger partial charge in [0.15, 0.2) is 0 Å². The van der Waals surface area contributed by atoms with Gasteiger partial charge in [-0.15, -0.1) is 0 Å². The smallest absolute Gasteiger partial charge is 0.226 e. The van der Waals surface area contributed by atoms with E-state index in [4.69, 9.17) is 0 Å². The summed E-state index contributed by atoms with van der Waals surface area (Å²) in [4.78, 5) is 19.0. The fourth-order valence-corrected chi connectivity index (χ4v) is 4.14. The fourth-order valence-electron chi connectivity index (χ4n) is 4.14. The van der Waals surface area contributed by atoms with Gasteiger partial charge in [0.25, 0.3) is 0 Å². The Morgan fingerprint density at radius 3 is 2.29 bits per heavy atom. The SMILES string of the molecule is CC(C)C[NH+]1CCC(C(=O)N2CCN(c3ccccc3)CC2)CC1. The Morgan fingerprint density at radius 2 is 1.71 bits per heavy atom. The van der Waals surface area contributed by atoms with E-state index < -0.39 is 0 Å². The molecule has 1 aromatic rings. The molecule has 4 nitrogen and oxygen atoms in total. The number of piperidine rings is 1. The lowest BCUT2D eigenvalue weighted by Gasteiger charge is -2.38. The third-order valence-electron chi connectivity index (χ3n) is 5.45. The van der Waals surface area contributed by atoms with Gasteiger partial charge in [-0.2, -0.15) is 0 Å². The molecular formula is C20H32N3O+. The summed E-state index contributed by atoms with van der Waals surface area (Å²) in [5, 5.41) is 0. The van der Waals surface area contributed by atoms with Crippen molar-refractivity contribution in [2.24, 2.45) is 11.8 Å². The second-order valence-electron chi connectivity index (χ2n) is 7.77. The highest BCUT2D eigenvalue weighted by Crippen LogP contribution is 2.19. The molecule has 2 fully saturated rings. The standard InChI is InChI=1S/C20H31N3O/c1-17(2)16-21-10-8-18(9-11-21)20(24)23-14-12-22(13-15-23)19-6-4-3-5-7-19/h3-7,17-18H,8-16H2,1-2H3/p+1. The molecule has 0 unspecified atom stereocenters. The zero-order chi connectivity index (χ0) is 16.9. The van der Waals surface area contributed by atoms with Gasteiger partial charge < -0.3 is 14.7 Å². The maximum absolute atomic E-state index is 12.8. The number of para-hydroxylation sites is 1. The number of nitrogens with one attached hydrogen (secondary N) is 1. The van der Waals surface area contributed by atoms with E-state index in [1.54, 1.807) is 4.90 Å².